The van der Waals surface area contributed by atoms with Crippen LogP contribution in [0, 0.1) is 0 Å². The minimum Gasteiger partial charge on any atom is -0.457 e. The molecule has 0 aromatic heterocycles. The highest BCUT2D eigenvalue weighted by molar-refractivity contribution is 5.85. The van der Waals surface area contributed by atoms with Gasteiger partial charge >= 0.3 is 0 Å². The Bertz CT molecular complexity index is 519. The van der Waals surface area contributed by atoms with E-state index in [4.69, 9.17) is 4.74 Å². The first-order chi connectivity index (χ1) is 9.78. The fourth-order valence-corrected chi connectivity index (χ4v) is 2.03. The summed E-state index contributed by atoms with van der Waals surface area (Å²) in [6, 6.07) is 18.1. The van der Waals surface area contributed by atoms with Gasteiger partial charge in [-0.2, -0.15) is 0 Å². The number of likely N-dealkylation sites (N-methyl/N-ethyl adjacent to an activating group) is 2. The molecule has 0 atom stereocenters. The Kier molecular flexibility index (Phi) is 7.83. The summed E-state index contributed by atoms with van der Waals surface area (Å²) in [7, 11) is 4.10. The summed E-state index contributed by atoms with van der Waals surface area (Å²) in [6.07, 6.45) is 0. The molecule has 0 fully saturated rings. The molecule has 0 aliphatic heterocycles. The molecule has 0 aliphatic rings. The van der Waals surface area contributed by atoms with E-state index >= 15 is 0 Å². The van der Waals surface area contributed by atoms with E-state index in [1.807, 2.05) is 49.5 Å². The number of ether oxygens (including phenoxy) is 1. The van der Waals surface area contributed by atoms with E-state index in [1.54, 1.807) is 0 Å². The second kappa shape index (κ2) is 9.40. The zero-order valence-electron chi connectivity index (χ0n) is 12.6. The molecule has 0 radical (unpaired) electrons. The Morgan fingerprint density at radius 2 is 1.71 bits per heavy atom. The molecular formula is C17H23ClN2O. The van der Waals surface area contributed by atoms with Gasteiger partial charge < -0.3 is 15.0 Å². The Labute approximate surface area is 133 Å². The molecule has 1 N–H and O–H groups in total. The number of benzene rings is 2. The fourth-order valence-electron chi connectivity index (χ4n) is 2.03. The van der Waals surface area contributed by atoms with Crippen LogP contribution >= 0.6 is 12.4 Å². The summed E-state index contributed by atoms with van der Waals surface area (Å²) < 4.78 is 5.85. The lowest BCUT2D eigenvalue weighted by Crippen LogP contribution is -2.26. The molecule has 0 unspecified atom stereocenters. The molecule has 21 heavy (non-hydrogen) atoms. The number of rotatable bonds is 7. The van der Waals surface area contributed by atoms with Gasteiger partial charge in [-0.1, -0.05) is 30.3 Å². The van der Waals surface area contributed by atoms with Gasteiger partial charge in [-0.3, -0.25) is 0 Å². The van der Waals surface area contributed by atoms with Gasteiger partial charge in [-0.25, -0.2) is 0 Å². The molecule has 114 valence electrons. The van der Waals surface area contributed by atoms with E-state index < -0.39 is 0 Å². The maximum absolute atomic E-state index is 5.85. The van der Waals surface area contributed by atoms with Gasteiger partial charge in [0.05, 0.1) is 0 Å². The fraction of sp³-hybridized carbons (Fsp3) is 0.294. The van der Waals surface area contributed by atoms with Gasteiger partial charge in [0, 0.05) is 19.6 Å². The van der Waals surface area contributed by atoms with E-state index in [0.717, 1.165) is 31.1 Å². The Morgan fingerprint density at radius 1 is 1.00 bits per heavy atom. The highest BCUT2D eigenvalue weighted by atomic mass is 35.5. The van der Waals surface area contributed by atoms with Gasteiger partial charge in [0.2, 0.25) is 0 Å². The summed E-state index contributed by atoms with van der Waals surface area (Å²) in [5, 5.41) is 3.16. The summed E-state index contributed by atoms with van der Waals surface area (Å²) in [6.45, 7) is 2.95. The van der Waals surface area contributed by atoms with Crippen LogP contribution in [-0.2, 0) is 6.54 Å². The van der Waals surface area contributed by atoms with Crippen LogP contribution in [0.3, 0.4) is 0 Å². The smallest absolute Gasteiger partial charge is 0.127 e. The van der Waals surface area contributed by atoms with Crippen molar-refractivity contribution in [1.82, 2.24) is 10.2 Å². The minimum absolute atomic E-state index is 0. The molecule has 0 spiro atoms. The van der Waals surface area contributed by atoms with Crippen molar-refractivity contribution in [3.05, 3.63) is 60.2 Å². The van der Waals surface area contributed by atoms with Crippen LogP contribution in [0.1, 0.15) is 5.56 Å². The minimum atomic E-state index is 0. The molecule has 0 amide bonds. The lowest BCUT2D eigenvalue weighted by atomic mass is 10.2. The second-order valence-corrected chi connectivity index (χ2v) is 4.90. The van der Waals surface area contributed by atoms with Crippen molar-refractivity contribution in [3.8, 4) is 11.5 Å². The molecule has 0 saturated heterocycles. The third kappa shape index (κ3) is 6.17. The number of nitrogens with zero attached hydrogens (tertiary/aromatic N) is 1. The summed E-state index contributed by atoms with van der Waals surface area (Å²) >= 11 is 0. The quantitative estimate of drug-likeness (QED) is 0.846. The SMILES string of the molecule is CNCCN(C)Cc1cccc(Oc2ccccc2)c1.Cl. The Morgan fingerprint density at radius 3 is 2.43 bits per heavy atom. The zero-order chi connectivity index (χ0) is 14.2. The second-order valence-electron chi connectivity index (χ2n) is 4.90. The number of halogens is 1. The van der Waals surface area contributed by atoms with Gasteiger partial charge in [-0.15, -0.1) is 12.4 Å². The molecule has 0 heterocycles. The van der Waals surface area contributed by atoms with E-state index in [0.29, 0.717) is 0 Å². The van der Waals surface area contributed by atoms with Gasteiger partial charge in [0.25, 0.3) is 0 Å². The maximum Gasteiger partial charge on any atom is 0.127 e. The number of para-hydroxylation sites is 1. The molecule has 4 heteroatoms. The van der Waals surface area contributed by atoms with Crippen molar-refractivity contribution in [2.75, 3.05) is 27.2 Å². The molecule has 3 nitrogen and oxygen atoms in total. The normalized spacial score (nSPS) is 10.2. The first-order valence-electron chi connectivity index (χ1n) is 6.93. The highest BCUT2D eigenvalue weighted by Crippen LogP contribution is 2.22. The monoisotopic (exact) mass is 306 g/mol. The van der Waals surface area contributed by atoms with E-state index in [-0.39, 0.29) is 12.4 Å². The van der Waals surface area contributed by atoms with E-state index in [9.17, 15) is 0 Å². The lowest BCUT2D eigenvalue weighted by molar-refractivity contribution is 0.327. The standard InChI is InChI=1S/C17H22N2O.ClH/c1-18-11-12-19(2)14-15-7-6-10-17(13-15)20-16-8-4-3-5-9-16;/h3-10,13,18H,11-12,14H2,1-2H3;1H. The first kappa shape index (κ1) is 17.5. The lowest BCUT2D eigenvalue weighted by Gasteiger charge is -2.16. The third-order valence-electron chi connectivity index (χ3n) is 3.07. The largest absolute Gasteiger partial charge is 0.457 e. The Hall–Kier alpha value is -1.55. The van der Waals surface area contributed by atoms with Crippen molar-refractivity contribution in [1.29, 1.82) is 0 Å². The zero-order valence-corrected chi connectivity index (χ0v) is 13.4. The van der Waals surface area contributed by atoms with Gasteiger partial charge in [0.15, 0.2) is 0 Å². The van der Waals surface area contributed by atoms with Crippen molar-refractivity contribution < 1.29 is 4.74 Å². The predicted octanol–water partition coefficient (Wildman–Crippen LogP) is 3.55. The molecule has 2 rings (SSSR count). The van der Waals surface area contributed by atoms with Crippen LogP contribution < -0.4 is 10.1 Å². The summed E-state index contributed by atoms with van der Waals surface area (Å²) in [5.74, 6) is 1.75. The van der Waals surface area contributed by atoms with Gasteiger partial charge in [-0.05, 0) is 43.9 Å². The maximum atomic E-state index is 5.85. The summed E-state index contributed by atoms with van der Waals surface area (Å²) in [4.78, 5) is 2.29. The first-order valence-corrected chi connectivity index (χ1v) is 6.93. The van der Waals surface area contributed by atoms with E-state index in [2.05, 4.69) is 29.4 Å². The van der Waals surface area contributed by atoms with Crippen LogP contribution in [0.4, 0.5) is 0 Å². The topological polar surface area (TPSA) is 24.5 Å². The van der Waals surface area contributed by atoms with Crippen LogP contribution in [0.2, 0.25) is 0 Å². The van der Waals surface area contributed by atoms with Crippen molar-refractivity contribution in [2.24, 2.45) is 0 Å². The number of hydrogen-bond donors (Lipinski definition) is 1. The Balaban J connectivity index is 0.00000220. The average Bonchev–Trinajstić information content (AvgIpc) is 2.46. The molecule has 0 aliphatic carbocycles. The highest BCUT2D eigenvalue weighted by Gasteiger charge is 2.02. The van der Waals surface area contributed by atoms with Crippen molar-refractivity contribution in [3.63, 3.8) is 0 Å². The average molecular weight is 307 g/mol. The third-order valence-corrected chi connectivity index (χ3v) is 3.07. The van der Waals surface area contributed by atoms with Crippen LogP contribution in [-0.4, -0.2) is 32.1 Å². The number of hydrogen-bond acceptors (Lipinski definition) is 3. The van der Waals surface area contributed by atoms with Crippen molar-refractivity contribution >= 4 is 12.4 Å². The molecule has 0 saturated carbocycles. The van der Waals surface area contributed by atoms with Crippen LogP contribution in [0.25, 0.3) is 0 Å². The molecule has 2 aromatic rings. The van der Waals surface area contributed by atoms with Crippen LogP contribution in [0.15, 0.2) is 54.6 Å². The molecule has 0 bridgehead atoms. The molecule has 2 aromatic carbocycles. The predicted molar refractivity (Wildman–Crippen MR) is 90.5 cm³/mol. The van der Waals surface area contributed by atoms with Crippen molar-refractivity contribution in [2.45, 2.75) is 6.54 Å². The summed E-state index contributed by atoms with van der Waals surface area (Å²) in [5.41, 5.74) is 1.26. The number of nitrogens with one attached hydrogen (secondary N) is 1. The van der Waals surface area contributed by atoms with Crippen LogP contribution in [0.5, 0.6) is 11.5 Å². The van der Waals surface area contributed by atoms with E-state index in [1.165, 1.54) is 5.56 Å². The van der Waals surface area contributed by atoms with Gasteiger partial charge in [0.1, 0.15) is 11.5 Å². The molecular weight excluding hydrogens is 284 g/mol.